The van der Waals surface area contributed by atoms with Crippen molar-refractivity contribution in [3.05, 3.63) is 28.8 Å². The number of sulfonamides is 1. The van der Waals surface area contributed by atoms with Crippen LogP contribution < -0.4 is 5.32 Å². The number of nitrogens with zero attached hydrogens (tertiary/aromatic N) is 1. The molecule has 0 radical (unpaired) electrons. The molecule has 6 heteroatoms. The van der Waals surface area contributed by atoms with Crippen molar-refractivity contribution < 1.29 is 8.42 Å². The fraction of sp³-hybridized carbons (Fsp3) is 0.571. The van der Waals surface area contributed by atoms with Gasteiger partial charge in [-0.2, -0.15) is 4.31 Å². The van der Waals surface area contributed by atoms with Crippen molar-refractivity contribution in [3.8, 4) is 0 Å². The Bertz CT molecular complexity index is 542. The molecule has 0 atom stereocenters. The Morgan fingerprint density at radius 3 is 2.25 bits per heavy atom. The molecular formula is C14H23ClN2O2S. The third-order valence-corrected chi connectivity index (χ3v) is 5.71. The molecule has 1 N–H and O–H groups in total. The summed E-state index contributed by atoms with van der Waals surface area (Å²) in [6, 6.07) is 3.88. The largest absolute Gasteiger partial charge is 0.315 e. The number of benzene rings is 1. The van der Waals surface area contributed by atoms with Crippen LogP contribution in [-0.4, -0.2) is 38.9 Å². The van der Waals surface area contributed by atoms with Crippen LogP contribution in [0.1, 0.15) is 23.1 Å². The third-order valence-electron chi connectivity index (χ3n) is 3.50. The van der Waals surface area contributed by atoms with Gasteiger partial charge in [-0.05, 0) is 44.9 Å². The smallest absolute Gasteiger partial charge is 0.243 e. The number of halogens is 1. The van der Waals surface area contributed by atoms with Gasteiger partial charge in [-0.3, -0.25) is 0 Å². The molecule has 0 spiro atoms. The molecular weight excluding hydrogens is 296 g/mol. The monoisotopic (exact) mass is 318 g/mol. The van der Waals surface area contributed by atoms with Crippen LogP contribution >= 0.6 is 12.4 Å². The second-order valence-electron chi connectivity index (χ2n) is 5.24. The van der Waals surface area contributed by atoms with E-state index in [0.29, 0.717) is 18.0 Å². The summed E-state index contributed by atoms with van der Waals surface area (Å²) in [7, 11) is -3.37. The predicted molar refractivity (Wildman–Crippen MR) is 84.1 cm³/mol. The molecule has 0 bridgehead atoms. The fourth-order valence-electron chi connectivity index (χ4n) is 2.76. The normalized spacial score (nSPS) is 17.4. The summed E-state index contributed by atoms with van der Waals surface area (Å²) in [5.41, 5.74) is 2.79. The molecule has 1 aromatic carbocycles. The van der Waals surface area contributed by atoms with E-state index < -0.39 is 10.0 Å². The summed E-state index contributed by atoms with van der Waals surface area (Å²) in [6.45, 7) is 8.51. The molecule has 1 aliphatic heterocycles. The lowest BCUT2D eigenvalue weighted by Crippen LogP contribution is -2.35. The lowest BCUT2D eigenvalue weighted by Gasteiger charge is -2.22. The quantitative estimate of drug-likeness (QED) is 0.907. The molecule has 0 amide bonds. The topological polar surface area (TPSA) is 49.4 Å². The highest BCUT2D eigenvalue weighted by molar-refractivity contribution is 7.89. The van der Waals surface area contributed by atoms with Gasteiger partial charge in [-0.25, -0.2) is 8.42 Å². The van der Waals surface area contributed by atoms with Crippen molar-refractivity contribution >= 4 is 22.4 Å². The molecule has 1 aliphatic rings. The average molecular weight is 319 g/mol. The highest BCUT2D eigenvalue weighted by Gasteiger charge is 2.28. The number of aryl methyl sites for hydroxylation is 3. The molecule has 0 aliphatic carbocycles. The van der Waals surface area contributed by atoms with Crippen LogP contribution in [-0.2, 0) is 10.0 Å². The Morgan fingerprint density at radius 1 is 1.05 bits per heavy atom. The standard InChI is InChI=1S/C14H22N2O2S.ClH/c1-11-9-12(2)14(13(3)10-11)19(17,18)16-7-4-5-15-6-8-16;/h9-10,15H,4-8H2,1-3H3;1H. The van der Waals surface area contributed by atoms with Crippen LogP contribution in [0, 0.1) is 20.8 Å². The molecule has 20 heavy (non-hydrogen) atoms. The van der Waals surface area contributed by atoms with E-state index in [1.54, 1.807) is 4.31 Å². The Morgan fingerprint density at radius 2 is 1.65 bits per heavy atom. The minimum atomic E-state index is -3.37. The highest BCUT2D eigenvalue weighted by Crippen LogP contribution is 2.25. The van der Waals surface area contributed by atoms with E-state index in [4.69, 9.17) is 0 Å². The third kappa shape index (κ3) is 3.52. The number of nitrogens with one attached hydrogen (secondary N) is 1. The van der Waals surface area contributed by atoms with Crippen molar-refractivity contribution in [2.75, 3.05) is 26.2 Å². The summed E-state index contributed by atoms with van der Waals surface area (Å²) in [4.78, 5) is 0.486. The van der Waals surface area contributed by atoms with E-state index >= 15 is 0 Å². The highest BCUT2D eigenvalue weighted by atomic mass is 35.5. The maximum Gasteiger partial charge on any atom is 0.243 e. The van der Waals surface area contributed by atoms with Gasteiger partial charge in [0.15, 0.2) is 0 Å². The van der Waals surface area contributed by atoms with E-state index in [9.17, 15) is 8.42 Å². The van der Waals surface area contributed by atoms with Gasteiger partial charge in [0.05, 0.1) is 4.90 Å². The van der Waals surface area contributed by atoms with Crippen LogP contribution in [0.4, 0.5) is 0 Å². The Balaban J connectivity index is 0.00000200. The molecule has 2 rings (SSSR count). The number of hydrogen-bond acceptors (Lipinski definition) is 3. The minimum Gasteiger partial charge on any atom is -0.315 e. The summed E-state index contributed by atoms with van der Waals surface area (Å²) < 4.78 is 27.2. The lowest BCUT2D eigenvalue weighted by atomic mass is 10.1. The first kappa shape index (κ1) is 17.4. The Kier molecular flexibility index (Phi) is 6.01. The number of hydrogen-bond donors (Lipinski definition) is 1. The molecule has 0 aromatic heterocycles. The predicted octanol–water partition coefficient (Wildman–Crippen LogP) is 2.02. The summed E-state index contributed by atoms with van der Waals surface area (Å²) in [6.07, 6.45) is 0.864. The molecule has 114 valence electrons. The Hall–Kier alpha value is -0.620. The second-order valence-corrected chi connectivity index (χ2v) is 7.11. The molecule has 0 saturated carbocycles. The van der Waals surface area contributed by atoms with Gasteiger partial charge in [-0.1, -0.05) is 17.7 Å². The zero-order valence-corrected chi connectivity index (χ0v) is 13.9. The van der Waals surface area contributed by atoms with Gasteiger partial charge < -0.3 is 5.32 Å². The lowest BCUT2D eigenvalue weighted by molar-refractivity contribution is 0.431. The molecule has 1 aromatic rings. The molecule has 4 nitrogen and oxygen atoms in total. The van der Waals surface area contributed by atoms with Gasteiger partial charge in [0.2, 0.25) is 10.0 Å². The number of rotatable bonds is 2. The van der Waals surface area contributed by atoms with E-state index in [0.717, 1.165) is 36.2 Å². The summed E-state index contributed by atoms with van der Waals surface area (Å²) >= 11 is 0. The molecule has 1 fully saturated rings. The van der Waals surface area contributed by atoms with Gasteiger partial charge in [-0.15, -0.1) is 12.4 Å². The van der Waals surface area contributed by atoms with Gasteiger partial charge >= 0.3 is 0 Å². The van der Waals surface area contributed by atoms with E-state index in [-0.39, 0.29) is 12.4 Å². The fourth-order valence-corrected chi connectivity index (χ4v) is 4.66. The molecule has 1 heterocycles. The first-order chi connectivity index (χ1) is 8.93. The van der Waals surface area contributed by atoms with Crippen molar-refractivity contribution in [2.45, 2.75) is 32.1 Å². The van der Waals surface area contributed by atoms with E-state index in [2.05, 4.69) is 5.32 Å². The van der Waals surface area contributed by atoms with Crippen LogP contribution in [0.3, 0.4) is 0 Å². The first-order valence-corrected chi connectivity index (χ1v) is 8.15. The van der Waals surface area contributed by atoms with E-state index in [1.807, 2.05) is 32.9 Å². The SMILES string of the molecule is Cc1cc(C)c(S(=O)(=O)N2CCCNCC2)c(C)c1.Cl. The zero-order chi connectivity index (χ0) is 14.0. The van der Waals surface area contributed by atoms with Crippen LogP contribution in [0.5, 0.6) is 0 Å². The van der Waals surface area contributed by atoms with Crippen LogP contribution in [0.2, 0.25) is 0 Å². The summed E-state index contributed by atoms with van der Waals surface area (Å²) in [5, 5.41) is 3.23. The van der Waals surface area contributed by atoms with Crippen molar-refractivity contribution in [3.63, 3.8) is 0 Å². The Labute approximate surface area is 128 Å². The van der Waals surface area contributed by atoms with Crippen molar-refractivity contribution in [1.82, 2.24) is 9.62 Å². The zero-order valence-electron chi connectivity index (χ0n) is 12.3. The van der Waals surface area contributed by atoms with E-state index in [1.165, 1.54) is 0 Å². The maximum absolute atomic E-state index is 12.8. The van der Waals surface area contributed by atoms with Crippen LogP contribution in [0.15, 0.2) is 17.0 Å². The van der Waals surface area contributed by atoms with Gasteiger partial charge in [0.1, 0.15) is 0 Å². The molecule has 1 saturated heterocycles. The second kappa shape index (κ2) is 6.89. The van der Waals surface area contributed by atoms with Crippen molar-refractivity contribution in [1.29, 1.82) is 0 Å². The van der Waals surface area contributed by atoms with Gasteiger partial charge in [0.25, 0.3) is 0 Å². The average Bonchev–Trinajstić information content (AvgIpc) is 2.55. The maximum atomic E-state index is 12.8. The minimum absolute atomic E-state index is 0. The first-order valence-electron chi connectivity index (χ1n) is 6.71. The molecule has 0 unspecified atom stereocenters. The van der Waals surface area contributed by atoms with Crippen molar-refractivity contribution in [2.24, 2.45) is 0 Å². The summed E-state index contributed by atoms with van der Waals surface area (Å²) in [5.74, 6) is 0. The van der Waals surface area contributed by atoms with Crippen LogP contribution in [0.25, 0.3) is 0 Å². The van der Waals surface area contributed by atoms with Gasteiger partial charge in [0, 0.05) is 19.6 Å².